The molecule has 1 aliphatic rings. The predicted octanol–water partition coefficient (Wildman–Crippen LogP) is 2.31. The molecular weight excluding hydrogens is 319 g/mol. The summed E-state index contributed by atoms with van der Waals surface area (Å²) in [5.41, 5.74) is 0.800. The van der Waals surface area contributed by atoms with Crippen LogP contribution in [0, 0.1) is 10.7 Å². The summed E-state index contributed by atoms with van der Waals surface area (Å²) in [6.45, 7) is 1.07. The molecule has 0 aliphatic carbocycles. The molecule has 0 bridgehead atoms. The van der Waals surface area contributed by atoms with Gasteiger partial charge in [0.25, 0.3) is 0 Å². The fourth-order valence-corrected chi connectivity index (χ4v) is 3.21. The van der Waals surface area contributed by atoms with Gasteiger partial charge in [0.05, 0.1) is 10.8 Å². The number of nitrogens with two attached hydrogens (primary N) is 1. The number of primary amides is 1. The number of nitrogens with zero attached hydrogens (tertiary/aromatic N) is 1. The third-order valence-electron chi connectivity index (χ3n) is 3.68. The maximum Gasteiger partial charge on any atom is 0.483 e. The van der Waals surface area contributed by atoms with Gasteiger partial charge in [-0.3, -0.25) is 4.79 Å². The monoisotopic (exact) mass is 335 g/mol. The van der Waals surface area contributed by atoms with Crippen molar-refractivity contribution < 1.29 is 22.2 Å². The Morgan fingerprint density at radius 1 is 1.32 bits per heavy atom. The molecule has 1 heterocycles. The minimum Gasteiger partial charge on any atom is -0.371 e. The topological polar surface area (TPSA) is 87.2 Å². The summed E-state index contributed by atoms with van der Waals surface area (Å²) >= 11 is 0. The molecule has 0 radical (unpaired) electrons. The molecule has 2 rings (SSSR count). The van der Waals surface area contributed by atoms with Gasteiger partial charge in [0.2, 0.25) is 5.91 Å². The Balaban J connectivity index is 2.21. The Kier molecular flexibility index (Phi) is 4.37. The number of piperidine rings is 1. The fraction of sp³-hybridized carbons (Fsp3) is 0.462. The van der Waals surface area contributed by atoms with Gasteiger partial charge in [-0.2, -0.15) is 13.2 Å². The number of alkyl halides is 3. The molecule has 1 aromatic rings. The molecule has 0 spiro atoms. The first-order chi connectivity index (χ1) is 10.1. The number of nitrogens with one attached hydrogen (secondary N) is 1. The van der Waals surface area contributed by atoms with Crippen LogP contribution in [0.4, 0.5) is 18.9 Å². The third-order valence-corrected chi connectivity index (χ3v) is 5.27. The van der Waals surface area contributed by atoms with Crippen molar-refractivity contribution in [1.29, 1.82) is 4.78 Å². The lowest BCUT2D eigenvalue weighted by molar-refractivity contribution is -0.122. The zero-order chi connectivity index (χ0) is 16.5. The van der Waals surface area contributed by atoms with Crippen molar-refractivity contribution >= 4 is 21.3 Å². The quantitative estimate of drug-likeness (QED) is 0.888. The average Bonchev–Trinajstić information content (AvgIpc) is 2.46. The van der Waals surface area contributed by atoms with Crippen molar-refractivity contribution in [1.82, 2.24) is 0 Å². The van der Waals surface area contributed by atoms with E-state index >= 15 is 0 Å². The van der Waals surface area contributed by atoms with E-state index in [1.807, 2.05) is 4.90 Å². The van der Waals surface area contributed by atoms with Crippen molar-refractivity contribution in [3.05, 3.63) is 24.3 Å². The van der Waals surface area contributed by atoms with E-state index in [2.05, 4.69) is 0 Å². The number of rotatable bonds is 3. The van der Waals surface area contributed by atoms with Crippen molar-refractivity contribution in [2.24, 2.45) is 11.7 Å². The van der Waals surface area contributed by atoms with Crippen LogP contribution < -0.4 is 10.6 Å². The smallest absolute Gasteiger partial charge is 0.371 e. The number of hydrogen-bond acceptors (Lipinski definition) is 4. The Hall–Kier alpha value is -1.77. The molecule has 1 aliphatic heterocycles. The van der Waals surface area contributed by atoms with Crippen LogP contribution in [0.25, 0.3) is 0 Å². The summed E-state index contributed by atoms with van der Waals surface area (Å²) in [6.07, 6.45) is 1.45. The molecule has 5 nitrogen and oxygen atoms in total. The van der Waals surface area contributed by atoms with Gasteiger partial charge in [-0.15, -0.1) is 0 Å². The Bertz CT molecular complexity index is 656. The van der Waals surface area contributed by atoms with Gasteiger partial charge >= 0.3 is 5.51 Å². The Labute approximate surface area is 126 Å². The minimum absolute atomic E-state index is 0.288. The van der Waals surface area contributed by atoms with Crippen LogP contribution in [0.5, 0.6) is 0 Å². The number of amides is 1. The third kappa shape index (κ3) is 3.18. The van der Waals surface area contributed by atoms with Crippen LogP contribution in [-0.2, 0) is 14.5 Å². The van der Waals surface area contributed by atoms with E-state index in [1.165, 1.54) is 12.1 Å². The van der Waals surface area contributed by atoms with Gasteiger partial charge in [0.1, 0.15) is 0 Å². The molecule has 1 fully saturated rings. The molecular formula is C13H16F3N3O2S. The summed E-state index contributed by atoms with van der Waals surface area (Å²) < 4.78 is 56.3. The lowest BCUT2D eigenvalue weighted by atomic mass is 9.97. The van der Waals surface area contributed by atoms with Gasteiger partial charge in [-0.25, -0.2) is 8.99 Å². The van der Waals surface area contributed by atoms with Crippen molar-refractivity contribution in [2.45, 2.75) is 23.2 Å². The molecule has 2 atom stereocenters. The van der Waals surface area contributed by atoms with Crippen LogP contribution in [0.3, 0.4) is 0 Å². The SMILES string of the molecule is N=S(=O)(c1ccc(N2CCCC(C(N)=O)C2)cc1)C(F)(F)F. The fourth-order valence-electron chi connectivity index (χ4n) is 2.43. The molecule has 2 unspecified atom stereocenters. The van der Waals surface area contributed by atoms with Crippen LogP contribution in [0.2, 0.25) is 0 Å². The highest BCUT2D eigenvalue weighted by molar-refractivity contribution is 7.93. The highest BCUT2D eigenvalue weighted by Crippen LogP contribution is 2.32. The van der Waals surface area contributed by atoms with Crippen LogP contribution in [0.1, 0.15) is 12.8 Å². The molecule has 9 heteroatoms. The number of halogens is 3. The maximum atomic E-state index is 12.6. The predicted molar refractivity (Wildman–Crippen MR) is 75.8 cm³/mol. The highest BCUT2D eigenvalue weighted by atomic mass is 32.2. The van der Waals surface area contributed by atoms with E-state index in [-0.39, 0.29) is 5.92 Å². The van der Waals surface area contributed by atoms with Crippen LogP contribution >= 0.6 is 0 Å². The van der Waals surface area contributed by atoms with Crippen molar-refractivity contribution in [3.63, 3.8) is 0 Å². The summed E-state index contributed by atoms with van der Waals surface area (Å²) in [5.74, 6) is -0.684. The summed E-state index contributed by atoms with van der Waals surface area (Å²) in [5, 5.41) is 0. The number of anilines is 1. The normalized spacial score (nSPS) is 22.1. The molecule has 22 heavy (non-hydrogen) atoms. The molecule has 1 saturated heterocycles. The van der Waals surface area contributed by atoms with Gasteiger partial charge in [-0.1, -0.05) is 0 Å². The number of benzene rings is 1. The van der Waals surface area contributed by atoms with Gasteiger partial charge in [0.15, 0.2) is 9.73 Å². The van der Waals surface area contributed by atoms with E-state index in [0.29, 0.717) is 25.2 Å². The zero-order valence-electron chi connectivity index (χ0n) is 11.6. The first kappa shape index (κ1) is 16.6. The molecule has 1 aromatic carbocycles. The zero-order valence-corrected chi connectivity index (χ0v) is 12.4. The summed E-state index contributed by atoms with van der Waals surface area (Å²) in [6, 6.07) is 4.87. The van der Waals surface area contributed by atoms with Crippen LogP contribution in [0.15, 0.2) is 29.2 Å². The van der Waals surface area contributed by atoms with E-state index < -0.39 is 26.0 Å². The first-order valence-electron chi connectivity index (χ1n) is 6.62. The number of hydrogen-bond donors (Lipinski definition) is 2. The molecule has 0 aromatic heterocycles. The van der Waals surface area contributed by atoms with Gasteiger partial charge < -0.3 is 10.6 Å². The second-order valence-electron chi connectivity index (χ2n) is 5.18. The Morgan fingerprint density at radius 3 is 2.41 bits per heavy atom. The largest absolute Gasteiger partial charge is 0.483 e. The second kappa shape index (κ2) is 5.79. The highest BCUT2D eigenvalue weighted by Gasteiger charge is 2.43. The lowest BCUT2D eigenvalue weighted by Crippen LogP contribution is -2.41. The lowest BCUT2D eigenvalue weighted by Gasteiger charge is -2.33. The second-order valence-corrected chi connectivity index (χ2v) is 7.23. The molecule has 1 amide bonds. The molecule has 122 valence electrons. The van der Waals surface area contributed by atoms with Crippen molar-refractivity contribution in [3.8, 4) is 0 Å². The Morgan fingerprint density at radius 2 is 1.91 bits per heavy atom. The molecule has 3 N–H and O–H groups in total. The average molecular weight is 335 g/mol. The minimum atomic E-state index is -5.10. The van der Waals surface area contributed by atoms with E-state index in [1.54, 1.807) is 0 Å². The first-order valence-corrected chi connectivity index (χ1v) is 8.18. The number of carbonyl (C=O) groups excluding carboxylic acids is 1. The maximum absolute atomic E-state index is 12.6. The van der Waals surface area contributed by atoms with E-state index in [0.717, 1.165) is 18.6 Å². The van der Waals surface area contributed by atoms with Gasteiger partial charge in [-0.05, 0) is 37.1 Å². The van der Waals surface area contributed by atoms with E-state index in [9.17, 15) is 22.2 Å². The van der Waals surface area contributed by atoms with Crippen LogP contribution in [-0.4, -0.2) is 28.7 Å². The van der Waals surface area contributed by atoms with E-state index in [4.69, 9.17) is 10.5 Å². The number of carbonyl (C=O) groups is 1. The standard InChI is InChI=1S/C13H16F3N3O2S/c14-13(15,16)22(18,21)11-5-3-10(4-6-11)19-7-1-2-9(8-19)12(17)20/h3-6,9,18H,1-2,7-8H2,(H2,17,20). The van der Waals surface area contributed by atoms with Gasteiger partial charge in [0, 0.05) is 18.8 Å². The van der Waals surface area contributed by atoms with Crippen molar-refractivity contribution in [2.75, 3.05) is 18.0 Å². The summed E-state index contributed by atoms with van der Waals surface area (Å²) in [7, 11) is -4.84. The summed E-state index contributed by atoms with van der Waals surface area (Å²) in [4.78, 5) is 12.5. The molecule has 0 saturated carbocycles.